The van der Waals surface area contributed by atoms with Gasteiger partial charge in [-0.1, -0.05) is 24.3 Å². The van der Waals surface area contributed by atoms with Crippen LogP contribution in [0.25, 0.3) is 0 Å². The van der Waals surface area contributed by atoms with Gasteiger partial charge in [0.25, 0.3) is 0 Å². The largest absolute Gasteiger partial charge is 0.382 e. The Morgan fingerprint density at radius 2 is 2.04 bits per heavy atom. The van der Waals surface area contributed by atoms with Crippen molar-refractivity contribution in [3.63, 3.8) is 0 Å². The molecule has 0 radical (unpaired) electrons. The SMILES string of the molecule is CCNC(=NCc1cccc(Cn2cccn2)c1)NCCCOCC.I. The molecular formula is C19H30IN5O. The summed E-state index contributed by atoms with van der Waals surface area (Å²) in [5.74, 6) is 0.844. The molecule has 1 heterocycles. The number of benzene rings is 1. The second-order valence-electron chi connectivity index (χ2n) is 5.70. The molecule has 0 fully saturated rings. The zero-order valence-electron chi connectivity index (χ0n) is 15.6. The van der Waals surface area contributed by atoms with Crippen molar-refractivity contribution >= 4 is 29.9 Å². The summed E-state index contributed by atoms with van der Waals surface area (Å²) < 4.78 is 7.28. The summed E-state index contributed by atoms with van der Waals surface area (Å²) in [7, 11) is 0. The van der Waals surface area contributed by atoms with Gasteiger partial charge >= 0.3 is 0 Å². The Hall–Kier alpha value is -1.61. The minimum Gasteiger partial charge on any atom is -0.382 e. The number of hydrogen-bond donors (Lipinski definition) is 2. The maximum Gasteiger partial charge on any atom is 0.191 e. The highest BCUT2D eigenvalue weighted by Crippen LogP contribution is 2.08. The van der Waals surface area contributed by atoms with E-state index in [4.69, 9.17) is 4.74 Å². The number of nitrogens with one attached hydrogen (secondary N) is 2. The lowest BCUT2D eigenvalue weighted by Gasteiger charge is -2.11. The third kappa shape index (κ3) is 8.66. The maximum absolute atomic E-state index is 5.35. The fraction of sp³-hybridized carbons (Fsp3) is 0.474. The molecule has 1 aromatic heterocycles. The van der Waals surface area contributed by atoms with E-state index in [-0.39, 0.29) is 24.0 Å². The van der Waals surface area contributed by atoms with Gasteiger partial charge in [-0.25, -0.2) is 4.99 Å². The average molecular weight is 471 g/mol. The minimum atomic E-state index is 0. The highest BCUT2D eigenvalue weighted by atomic mass is 127. The summed E-state index contributed by atoms with van der Waals surface area (Å²) in [6.45, 7) is 8.75. The molecule has 26 heavy (non-hydrogen) atoms. The molecule has 2 N–H and O–H groups in total. The minimum absolute atomic E-state index is 0. The lowest BCUT2D eigenvalue weighted by Crippen LogP contribution is -2.38. The first kappa shape index (κ1) is 22.4. The van der Waals surface area contributed by atoms with Crippen LogP contribution in [0.3, 0.4) is 0 Å². The van der Waals surface area contributed by atoms with E-state index in [0.717, 1.165) is 45.2 Å². The number of halogens is 1. The first-order chi connectivity index (χ1) is 12.3. The van der Waals surface area contributed by atoms with E-state index in [1.54, 1.807) is 6.20 Å². The highest BCUT2D eigenvalue weighted by molar-refractivity contribution is 14.0. The van der Waals surface area contributed by atoms with Crippen LogP contribution in [0.1, 0.15) is 31.4 Å². The van der Waals surface area contributed by atoms with Gasteiger partial charge < -0.3 is 15.4 Å². The third-order valence-corrected chi connectivity index (χ3v) is 3.62. The van der Waals surface area contributed by atoms with Crippen molar-refractivity contribution in [3.05, 3.63) is 53.9 Å². The zero-order chi connectivity index (χ0) is 17.7. The normalized spacial score (nSPS) is 11.1. The number of rotatable bonds is 10. The summed E-state index contributed by atoms with van der Waals surface area (Å²) in [4.78, 5) is 4.67. The number of nitrogens with zero attached hydrogens (tertiary/aromatic N) is 3. The van der Waals surface area contributed by atoms with Gasteiger partial charge in [-0.3, -0.25) is 4.68 Å². The van der Waals surface area contributed by atoms with Crippen LogP contribution in [0.4, 0.5) is 0 Å². The summed E-state index contributed by atoms with van der Waals surface area (Å²) in [5.41, 5.74) is 2.42. The molecule has 0 spiro atoms. The van der Waals surface area contributed by atoms with E-state index in [0.29, 0.717) is 6.54 Å². The number of hydrogen-bond acceptors (Lipinski definition) is 3. The molecule has 144 valence electrons. The number of ether oxygens (including phenoxy) is 1. The van der Waals surface area contributed by atoms with Gasteiger partial charge in [-0.2, -0.15) is 5.10 Å². The molecule has 0 atom stereocenters. The Labute approximate surface area is 173 Å². The van der Waals surface area contributed by atoms with Gasteiger partial charge in [0.2, 0.25) is 0 Å². The van der Waals surface area contributed by atoms with Crippen LogP contribution < -0.4 is 10.6 Å². The molecule has 6 nitrogen and oxygen atoms in total. The summed E-state index contributed by atoms with van der Waals surface area (Å²) >= 11 is 0. The van der Waals surface area contributed by atoms with Crippen molar-refractivity contribution in [1.82, 2.24) is 20.4 Å². The van der Waals surface area contributed by atoms with Crippen LogP contribution in [0.15, 0.2) is 47.7 Å². The fourth-order valence-electron chi connectivity index (χ4n) is 2.44. The van der Waals surface area contributed by atoms with Gasteiger partial charge in [-0.05, 0) is 37.5 Å². The van der Waals surface area contributed by atoms with E-state index >= 15 is 0 Å². The Balaban J connectivity index is 0.00000338. The van der Waals surface area contributed by atoms with Crippen LogP contribution in [-0.4, -0.2) is 42.0 Å². The monoisotopic (exact) mass is 471 g/mol. The average Bonchev–Trinajstić information content (AvgIpc) is 3.13. The first-order valence-corrected chi connectivity index (χ1v) is 8.97. The Morgan fingerprint density at radius 3 is 2.77 bits per heavy atom. The Bertz CT molecular complexity index is 631. The van der Waals surface area contributed by atoms with Crippen LogP contribution in [0, 0.1) is 0 Å². The molecule has 7 heteroatoms. The van der Waals surface area contributed by atoms with E-state index in [9.17, 15) is 0 Å². The van der Waals surface area contributed by atoms with Crippen molar-refractivity contribution in [3.8, 4) is 0 Å². The standard InChI is InChI=1S/C19H29N5O.HI/c1-3-20-19(21-10-7-13-25-4-2)22-15-17-8-5-9-18(14-17)16-24-12-6-11-23-24;/h5-6,8-9,11-12,14H,3-4,7,10,13,15-16H2,1-2H3,(H2,20,21,22);1H. The van der Waals surface area contributed by atoms with Crippen molar-refractivity contribution < 1.29 is 4.74 Å². The molecule has 0 amide bonds. The van der Waals surface area contributed by atoms with Crippen molar-refractivity contribution in [1.29, 1.82) is 0 Å². The van der Waals surface area contributed by atoms with Gasteiger partial charge in [0, 0.05) is 38.7 Å². The molecule has 0 aliphatic heterocycles. The smallest absolute Gasteiger partial charge is 0.191 e. The predicted octanol–water partition coefficient (Wildman–Crippen LogP) is 3.03. The van der Waals surface area contributed by atoms with E-state index < -0.39 is 0 Å². The quantitative estimate of drug-likeness (QED) is 0.242. The van der Waals surface area contributed by atoms with Gasteiger partial charge in [-0.15, -0.1) is 24.0 Å². The van der Waals surface area contributed by atoms with Crippen molar-refractivity contribution in [2.45, 2.75) is 33.4 Å². The lowest BCUT2D eigenvalue weighted by molar-refractivity contribution is 0.145. The summed E-state index contributed by atoms with van der Waals surface area (Å²) in [6, 6.07) is 10.4. The van der Waals surface area contributed by atoms with Crippen LogP contribution in [0.2, 0.25) is 0 Å². The van der Waals surface area contributed by atoms with Gasteiger partial charge in [0.05, 0.1) is 13.1 Å². The van der Waals surface area contributed by atoms with Crippen molar-refractivity contribution in [2.24, 2.45) is 4.99 Å². The molecular weight excluding hydrogens is 441 g/mol. The molecule has 0 aliphatic rings. The summed E-state index contributed by atoms with van der Waals surface area (Å²) in [5, 5.41) is 10.9. The molecule has 2 rings (SSSR count). The Kier molecular flexibility index (Phi) is 11.7. The van der Waals surface area contributed by atoms with E-state index in [2.05, 4.69) is 51.9 Å². The molecule has 1 aromatic carbocycles. The highest BCUT2D eigenvalue weighted by Gasteiger charge is 2.00. The molecule has 0 bridgehead atoms. The van der Waals surface area contributed by atoms with Gasteiger partial charge in [0.1, 0.15) is 0 Å². The van der Waals surface area contributed by atoms with E-state index in [1.807, 2.05) is 23.9 Å². The second kappa shape index (κ2) is 13.6. The van der Waals surface area contributed by atoms with Crippen LogP contribution in [-0.2, 0) is 17.8 Å². The first-order valence-electron chi connectivity index (χ1n) is 8.97. The molecule has 0 saturated heterocycles. The number of guanidine groups is 1. The zero-order valence-corrected chi connectivity index (χ0v) is 18.0. The number of aromatic nitrogens is 2. The molecule has 0 aliphatic carbocycles. The predicted molar refractivity (Wildman–Crippen MR) is 117 cm³/mol. The fourth-order valence-corrected chi connectivity index (χ4v) is 2.44. The maximum atomic E-state index is 5.35. The number of aliphatic imine (C=N–C) groups is 1. The van der Waals surface area contributed by atoms with Crippen LogP contribution in [0.5, 0.6) is 0 Å². The second-order valence-corrected chi connectivity index (χ2v) is 5.70. The molecule has 0 saturated carbocycles. The van der Waals surface area contributed by atoms with E-state index in [1.165, 1.54) is 11.1 Å². The topological polar surface area (TPSA) is 63.5 Å². The third-order valence-electron chi connectivity index (χ3n) is 3.62. The Morgan fingerprint density at radius 1 is 1.19 bits per heavy atom. The lowest BCUT2D eigenvalue weighted by atomic mass is 10.1. The van der Waals surface area contributed by atoms with Crippen LogP contribution >= 0.6 is 24.0 Å². The molecule has 2 aromatic rings. The summed E-state index contributed by atoms with van der Waals surface area (Å²) in [6.07, 6.45) is 4.74. The molecule has 0 unspecified atom stereocenters. The van der Waals surface area contributed by atoms with Gasteiger partial charge in [0.15, 0.2) is 5.96 Å². The van der Waals surface area contributed by atoms with Crippen molar-refractivity contribution in [2.75, 3.05) is 26.3 Å².